The average molecular weight is 242 g/mol. The van der Waals surface area contributed by atoms with Gasteiger partial charge in [-0.05, 0) is 34.3 Å². The Morgan fingerprint density at radius 3 is 3.00 bits per heavy atom. The number of pyridine rings is 1. The monoisotopic (exact) mass is 241 g/mol. The fraction of sp³-hybridized carbons (Fsp3) is 0.500. The largest absolute Gasteiger partial charge is 0.492 e. The van der Waals surface area contributed by atoms with E-state index in [2.05, 4.69) is 20.9 Å². The van der Waals surface area contributed by atoms with Crippen molar-refractivity contribution in [3.63, 3.8) is 0 Å². The summed E-state index contributed by atoms with van der Waals surface area (Å²) in [5, 5.41) is 0. The van der Waals surface area contributed by atoms with E-state index >= 15 is 0 Å². The van der Waals surface area contributed by atoms with Crippen molar-refractivity contribution in [3.8, 4) is 5.75 Å². The molecule has 1 aromatic heterocycles. The maximum atomic E-state index is 5.55. The maximum absolute atomic E-state index is 5.55. The minimum absolute atomic E-state index is 0.822. The quantitative estimate of drug-likeness (QED) is 0.809. The van der Waals surface area contributed by atoms with E-state index in [1.54, 1.807) is 12.4 Å². The average Bonchev–Trinajstić information content (AvgIpc) is 2.88. The Morgan fingerprint density at radius 2 is 2.31 bits per heavy atom. The molecule has 0 N–H and O–H groups in total. The molecule has 0 saturated heterocycles. The van der Waals surface area contributed by atoms with Crippen molar-refractivity contribution in [2.45, 2.75) is 19.3 Å². The van der Waals surface area contributed by atoms with Gasteiger partial charge in [-0.15, -0.1) is 0 Å². The van der Waals surface area contributed by atoms with Crippen LogP contribution < -0.4 is 4.74 Å². The Labute approximate surface area is 86.5 Å². The number of nitrogens with zero attached hydrogens (tertiary/aromatic N) is 1. The van der Waals surface area contributed by atoms with Crippen molar-refractivity contribution in [1.82, 2.24) is 4.98 Å². The Bertz CT molecular complexity index is 286. The SMILES string of the molecule is Brc1cncc(OCCC2CC2)c1. The highest BCUT2D eigenvalue weighted by atomic mass is 79.9. The van der Waals surface area contributed by atoms with Crippen LogP contribution in [0.1, 0.15) is 19.3 Å². The lowest BCUT2D eigenvalue weighted by atomic mass is 10.3. The first kappa shape index (κ1) is 9.00. The standard InChI is InChI=1S/C10H12BrNO/c11-9-5-10(7-12-6-9)13-4-3-8-1-2-8/h5-8H,1-4H2. The van der Waals surface area contributed by atoms with Gasteiger partial charge in [0.1, 0.15) is 5.75 Å². The third-order valence-corrected chi connectivity index (χ3v) is 2.61. The summed E-state index contributed by atoms with van der Waals surface area (Å²) >= 11 is 3.35. The second kappa shape index (κ2) is 4.09. The molecule has 1 fully saturated rings. The number of hydrogen-bond donors (Lipinski definition) is 0. The van der Waals surface area contributed by atoms with Gasteiger partial charge in [-0.25, -0.2) is 0 Å². The molecule has 70 valence electrons. The summed E-state index contributed by atoms with van der Waals surface area (Å²) in [5.74, 6) is 1.79. The van der Waals surface area contributed by atoms with Crippen molar-refractivity contribution >= 4 is 15.9 Å². The third-order valence-electron chi connectivity index (χ3n) is 2.17. The topological polar surface area (TPSA) is 22.1 Å². The summed E-state index contributed by atoms with van der Waals surface area (Å²) in [6.45, 7) is 0.822. The van der Waals surface area contributed by atoms with Crippen LogP contribution >= 0.6 is 15.9 Å². The first-order chi connectivity index (χ1) is 6.34. The van der Waals surface area contributed by atoms with Crippen LogP contribution in [0.2, 0.25) is 0 Å². The summed E-state index contributed by atoms with van der Waals surface area (Å²) < 4.78 is 6.51. The van der Waals surface area contributed by atoms with E-state index in [1.165, 1.54) is 19.3 Å². The van der Waals surface area contributed by atoms with E-state index in [9.17, 15) is 0 Å². The van der Waals surface area contributed by atoms with Crippen LogP contribution in [0.3, 0.4) is 0 Å². The van der Waals surface area contributed by atoms with E-state index in [4.69, 9.17) is 4.74 Å². The number of aromatic nitrogens is 1. The van der Waals surface area contributed by atoms with Gasteiger partial charge in [0.25, 0.3) is 0 Å². The van der Waals surface area contributed by atoms with E-state index < -0.39 is 0 Å². The zero-order valence-electron chi connectivity index (χ0n) is 7.37. The highest BCUT2D eigenvalue weighted by molar-refractivity contribution is 9.10. The Balaban J connectivity index is 1.79. The van der Waals surface area contributed by atoms with E-state index in [-0.39, 0.29) is 0 Å². The van der Waals surface area contributed by atoms with Gasteiger partial charge in [0.05, 0.1) is 12.8 Å². The second-order valence-electron chi connectivity index (χ2n) is 3.42. The Morgan fingerprint density at radius 1 is 1.46 bits per heavy atom. The van der Waals surface area contributed by atoms with Gasteiger partial charge in [0.2, 0.25) is 0 Å². The molecule has 0 radical (unpaired) electrons. The summed E-state index contributed by atoms with van der Waals surface area (Å²) in [5.41, 5.74) is 0. The molecular weight excluding hydrogens is 230 g/mol. The van der Waals surface area contributed by atoms with Crippen LogP contribution in [0.5, 0.6) is 5.75 Å². The molecule has 1 aliphatic rings. The molecule has 0 bridgehead atoms. The van der Waals surface area contributed by atoms with Gasteiger partial charge in [-0.2, -0.15) is 0 Å². The fourth-order valence-electron chi connectivity index (χ4n) is 1.22. The minimum atomic E-state index is 0.822. The van der Waals surface area contributed by atoms with Crippen LogP contribution in [0, 0.1) is 5.92 Å². The van der Waals surface area contributed by atoms with Gasteiger partial charge in [-0.3, -0.25) is 4.98 Å². The lowest BCUT2D eigenvalue weighted by molar-refractivity contribution is 0.301. The van der Waals surface area contributed by atoms with E-state index in [0.29, 0.717) is 0 Å². The zero-order valence-corrected chi connectivity index (χ0v) is 8.96. The van der Waals surface area contributed by atoms with E-state index in [1.807, 2.05) is 6.07 Å². The highest BCUT2D eigenvalue weighted by Gasteiger charge is 2.20. The predicted octanol–water partition coefficient (Wildman–Crippen LogP) is 3.02. The molecule has 2 rings (SSSR count). The van der Waals surface area contributed by atoms with Crippen LogP contribution in [0.15, 0.2) is 22.9 Å². The van der Waals surface area contributed by atoms with Crippen molar-refractivity contribution in [2.24, 2.45) is 5.92 Å². The van der Waals surface area contributed by atoms with Crippen LogP contribution in [-0.2, 0) is 0 Å². The Hall–Kier alpha value is -0.570. The van der Waals surface area contributed by atoms with Crippen molar-refractivity contribution in [1.29, 1.82) is 0 Å². The predicted molar refractivity (Wildman–Crippen MR) is 54.8 cm³/mol. The zero-order chi connectivity index (χ0) is 9.10. The summed E-state index contributed by atoms with van der Waals surface area (Å²) in [6, 6.07) is 1.94. The minimum Gasteiger partial charge on any atom is -0.492 e. The van der Waals surface area contributed by atoms with Gasteiger partial charge in [-0.1, -0.05) is 12.8 Å². The van der Waals surface area contributed by atoms with Crippen LogP contribution in [0.25, 0.3) is 0 Å². The highest BCUT2D eigenvalue weighted by Crippen LogP contribution is 2.32. The molecule has 0 aliphatic heterocycles. The smallest absolute Gasteiger partial charge is 0.138 e. The molecule has 2 nitrogen and oxygen atoms in total. The number of rotatable bonds is 4. The molecular formula is C10H12BrNO. The van der Waals surface area contributed by atoms with Gasteiger partial charge in [0, 0.05) is 10.7 Å². The fourth-order valence-corrected chi connectivity index (χ4v) is 1.57. The van der Waals surface area contributed by atoms with E-state index in [0.717, 1.165) is 22.7 Å². The maximum Gasteiger partial charge on any atom is 0.138 e. The molecule has 0 spiro atoms. The molecule has 0 unspecified atom stereocenters. The lowest BCUT2D eigenvalue weighted by Gasteiger charge is -2.04. The first-order valence-electron chi connectivity index (χ1n) is 4.58. The molecule has 13 heavy (non-hydrogen) atoms. The van der Waals surface area contributed by atoms with Gasteiger partial charge < -0.3 is 4.74 Å². The summed E-state index contributed by atoms with van der Waals surface area (Å²) in [7, 11) is 0. The third kappa shape index (κ3) is 2.99. The molecule has 0 atom stereocenters. The lowest BCUT2D eigenvalue weighted by Crippen LogP contribution is -1.98. The molecule has 1 aliphatic carbocycles. The van der Waals surface area contributed by atoms with Gasteiger partial charge >= 0.3 is 0 Å². The van der Waals surface area contributed by atoms with Crippen molar-refractivity contribution in [3.05, 3.63) is 22.9 Å². The van der Waals surface area contributed by atoms with Crippen LogP contribution in [0.4, 0.5) is 0 Å². The number of ether oxygens (including phenoxy) is 1. The molecule has 1 saturated carbocycles. The summed E-state index contributed by atoms with van der Waals surface area (Å²) in [6.07, 6.45) is 7.47. The molecule has 3 heteroatoms. The normalized spacial score (nSPS) is 15.8. The molecule has 1 heterocycles. The number of halogens is 1. The molecule has 0 aromatic carbocycles. The molecule has 0 amide bonds. The van der Waals surface area contributed by atoms with Crippen molar-refractivity contribution in [2.75, 3.05) is 6.61 Å². The first-order valence-corrected chi connectivity index (χ1v) is 5.37. The summed E-state index contributed by atoms with van der Waals surface area (Å²) in [4.78, 5) is 4.03. The van der Waals surface area contributed by atoms with Crippen LogP contribution in [-0.4, -0.2) is 11.6 Å². The van der Waals surface area contributed by atoms with Crippen molar-refractivity contribution < 1.29 is 4.74 Å². The molecule has 1 aromatic rings. The second-order valence-corrected chi connectivity index (χ2v) is 4.34. The Kier molecular flexibility index (Phi) is 2.83. The van der Waals surface area contributed by atoms with Gasteiger partial charge in [0.15, 0.2) is 0 Å². The number of hydrogen-bond acceptors (Lipinski definition) is 2.